The molecule has 10 rings (SSSR count). The number of aromatic nitrogens is 3. The molecular formula is C54H45N3O2. The number of benzene rings is 7. The fourth-order valence-electron chi connectivity index (χ4n) is 8.49. The molecule has 0 amide bonds. The molecule has 0 saturated carbocycles. The smallest absolute Gasteiger partial charge is 0.147 e. The Balaban J connectivity index is 1.29. The fourth-order valence-corrected chi connectivity index (χ4v) is 8.49. The number of hydrogen-bond donors (Lipinski definition) is 1. The van der Waals surface area contributed by atoms with Gasteiger partial charge in [0.1, 0.15) is 22.7 Å². The third-order valence-electron chi connectivity index (χ3n) is 11.7. The summed E-state index contributed by atoms with van der Waals surface area (Å²) in [5.41, 5.74) is 14.2. The van der Waals surface area contributed by atoms with Gasteiger partial charge in [-0.15, -0.1) is 0 Å². The summed E-state index contributed by atoms with van der Waals surface area (Å²) in [6.07, 6.45) is 1.87. The molecule has 0 aliphatic rings. The Hall–Kier alpha value is -6.98. The zero-order valence-electron chi connectivity index (χ0n) is 34.2. The van der Waals surface area contributed by atoms with Gasteiger partial charge in [-0.25, -0.2) is 4.98 Å². The lowest BCUT2D eigenvalue weighted by molar-refractivity contribution is 0.477. The number of phenols is 1. The Kier molecular flexibility index (Phi) is 8.36. The number of furan rings is 1. The summed E-state index contributed by atoms with van der Waals surface area (Å²) in [5, 5.41) is 14.7. The molecule has 7 aromatic carbocycles. The van der Waals surface area contributed by atoms with Gasteiger partial charge in [0.2, 0.25) is 0 Å². The van der Waals surface area contributed by atoms with Crippen molar-refractivity contribution in [3.63, 3.8) is 0 Å². The topological polar surface area (TPSA) is 64.1 Å². The lowest BCUT2D eigenvalue weighted by atomic mass is 9.84. The lowest BCUT2D eigenvalue weighted by Gasteiger charge is -2.23. The Morgan fingerprint density at radius 2 is 1.27 bits per heavy atom. The van der Waals surface area contributed by atoms with Crippen LogP contribution >= 0.6 is 0 Å². The molecule has 59 heavy (non-hydrogen) atoms. The van der Waals surface area contributed by atoms with Gasteiger partial charge in [0.25, 0.3) is 0 Å². The van der Waals surface area contributed by atoms with Crippen molar-refractivity contribution >= 4 is 43.9 Å². The Morgan fingerprint density at radius 1 is 0.542 bits per heavy atom. The number of hydrogen-bond acceptors (Lipinski definition) is 4. The average molecular weight is 768 g/mol. The molecule has 0 atom stereocenters. The van der Waals surface area contributed by atoms with E-state index in [2.05, 4.69) is 155 Å². The normalized spacial score (nSPS) is 12.3. The molecule has 0 unspecified atom stereocenters. The molecule has 288 valence electrons. The maximum Gasteiger partial charge on any atom is 0.147 e. The molecule has 0 aliphatic carbocycles. The zero-order chi connectivity index (χ0) is 40.6. The van der Waals surface area contributed by atoms with E-state index in [1.54, 1.807) is 6.07 Å². The number of fused-ring (bicyclic) bond motifs is 5. The van der Waals surface area contributed by atoms with E-state index >= 15 is 0 Å². The van der Waals surface area contributed by atoms with Crippen molar-refractivity contribution in [2.75, 3.05) is 0 Å². The number of para-hydroxylation sites is 2. The monoisotopic (exact) mass is 767 g/mol. The van der Waals surface area contributed by atoms with E-state index in [4.69, 9.17) is 14.4 Å². The van der Waals surface area contributed by atoms with Crippen molar-refractivity contribution in [1.82, 2.24) is 14.5 Å². The maximum absolute atomic E-state index is 11.7. The Bertz CT molecular complexity index is 3250. The van der Waals surface area contributed by atoms with E-state index in [9.17, 15) is 5.11 Å². The van der Waals surface area contributed by atoms with E-state index in [1.165, 1.54) is 11.1 Å². The molecule has 0 aliphatic heterocycles. The Labute approximate surface area is 344 Å². The molecule has 0 spiro atoms. The third kappa shape index (κ3) is 6.16. The second-order valence-corrected chi connectivity index (χ2v) is 17.7. The van der Waals surface area contributed by atoms with Crippen LogP contribution in [0.5, 0.6) is 5.75 Å². The van der Waals surface area contributed by atoms with Gasteiger partial charge in [-0.2, -0.15) is 0 Å². The number of aromatic hydroxyl groups is 1. The van der Waals surface area contributed by atoms with Crippen molar-refractivity contribution in [2.24, 2.45) is 0 Å². The number of rotatable bonds is 5. The first-order valence-electron chi connectivity index (χ1n) is 20.3. The zero-order valence-corrected chi connectivity index (χ0v) is 34.2. The minimum Gasteiger partial charge on any atom is -0.507 e. The quantitative estimate of drug-likeness (QED) is 0.189. The van der Waals surface area contributed by atoms with Crippen molar-refractivity contribution in [2.45, 2.75) is 52.4 Å². The van der Waals surface area contributed by atoms with Crippen LogP contribution in [0.1, 0.15) is 52.7 Å². The minimum atomic E-state index is -0.0649. The molecule has 10 aromatic rings. The van der Waals surface area contributed by atoms with Gasteiger partial charge in [0.05, 0.1) is 27.8 Å². The number of imidazole rings is 1. The van der Waals surface area contributed by atoms with Gasteiger partial charge in [0.15, 0.2) is 0 Å². The number of nitrogens with zero attached hydrogens (tertiary/aromatic N) is 3. The van der Waals surface area contributed by atoms with Crippen LogP contribution in [0, 0.1) is 0 Å². The van der Waals surface area contributed by atoms with E-state index in [-0.39, 0.29) is 16.6 Å². The number of phenolic OH excluding ortho intramolecular Hbond substituents is 1. The average Bonchev–Trinajstić information content (AvgIpc) is 3.82. The molecule has 3 aromatic heterocycles. The van der Waals surface area contributed by atoms with Crippen LogP contribution in [0.3, 0.4) is 0 Å². The van der Waals surface area contributed by atoms with E-state index < -0.39 is 0 Å². The van der Waals surface area contributed by atoms with Gasteiger partial charge in [-0.3, -0.25) is 9.55 Å². The Morgan fingerprint density at radius 3 is 2.08 bits per heavy atom. The summed E-state index contributed by atoms with van der Waals surface area (Å²) in [6.45, 7) is 13.5. The van der Waals surface area contributed by atoms with Crippen molar-refractivity contribution in [3.8, 4) is 56.2 Å². The first-order valence-corrected chi connectivity index (χ1v) is 20.3. The van der Waals surface area contributed by atoms with Crippen LogP contribution in [0.25, 0.3) is 94.3 Å². The SMILES string of the molecule is CC(C)(C)c1ccc(-n2c(-c3cccc(-c4cc(C(C)(C)C)cc5cccnc45)c3)nc3c(-c4c(O)ccc5c4oc4ccccc45)cccc32)c(-c2ccccc2)c1. The molecule has 0 saturated heterocycles. The highest BCUT2D eigenvalue weighted by molar-refractivity contribution is 6.13. The van der Waals surface area contributed by atoms with Crippen molar-refractivity contribution in [3.05, 3.63) is 169 Å². The van der Waals surface area contributed by atoms with Gasteiger partial charge < -0.3 is 9.52 Å². The molecule has 5 nitrogen and oxygen atoms in total. The first-order chi connectivity index (χ1) is 28.4. The summed E-state index contributed by atoms with van der Waals surface area (Å²) in [6, 6.07) is 52.8. The van der Waals surface area contributed by atoms with Crippen LogP contribution in [-0.2, 0) is 10.8 Å². The molecule has 0 bridgehead atoms. The van der Waals surface area contributed by atoms with Crippen LogP contribution in [0.15, 0.2) is 162 Å². The van der Waals surface area contributed by atoms with Crippen LogP contribution in [0.2, 0.25) is 0 Å². The number of pyridine rings is 1. The third-order valence-corrected chi connectivity index (χ3v) is 11.7. The lowest BCUT2D eigenvalue weighted by Crippen LogP contribution is -2.12. The van der Waals surface area contributed by atoms with Gasteiger partial charge in [-0.05, 0) is 93.7 Å². The van der Waals surface area contributed by atoms with Crippen molar-refractivity contribution in [1.29, 1.82) is 0 Å². The molecular weight excluding hydrogens is 723 g/mol. The fraction of sp³-hybridized carbons (Fsp3) is 0.148. The second kappa shape index (κ2) is 13.6. The highest BCUT2D eigenvalue weighted by atomic mass is 16.3. The first kappa shape index (κ1) is 36.4. The predicted octanol–water partition coefficient (Wildman–Crippen LogP) is 14.4. The van der Waals surface area contributed by atoms with Crippen LogP contribution < -0.4 is 0 Å². The van der Waals surface area contributed by atoms with Crippen molar-refractivity contribution < 1.29 is 9.52 Å². The van der Waals surface area contributed by atoms with E-state index in [0.29, 0.717) is 11.1 Å². The van der Waals surface area contributed by atoms with Crippen LogP contribution in [-0.4, -0.2) is 19.6 Å². The predicted molar refractivity (Wildman–Crippen MR) is 244 cm³/mol. The summed E-state index contributed by atoms with van der Waals surface area (Å²) in [5.74, 6) is 0.926. The van der Waals surface area contributed by atoms with E-state index in [0.717, 1.165) is 83.2 Å². The summed E-state index contributed by atoms with van der Waals surface area (Å²) in [7, 11) is 0. The standard InChI is InChI=1S/C54H45N3O2/c1-53(2,3)37-24-26-44(42(31-37)33-15-8-7-9-16-33)57-45-22-13-21-41(48-46(58)27-25-40-39-20-10-11-23-47(39)59-51(40)48)50(45)56-52(57)36-18-12-17-34(29-36)43-32-38(54(4,5)6)30-35-19-14-28-55-49(35)43/h7-32,58H,1-6H3. The maximum atomic E-state index is 11.7. The van der Waals surface area contributed by atoms with E-state index in [1.807, 2.05) is 42.6 Å². The molecule has 5 heteroatoms. The molecule has 1 N–H and O–H groups in total. The van der Waals surface area contributed by atoms with Crippen LogP contribution in [0.4, 0.5) is 0 Å². The van der Waals surface area contributed by atoms with Gasteiger partial charge in [0, 0.05) is 44.6 Å². The van der Waals surface area contributed by atoms with Gasteiger partial charge in [-0.1, -0.05) is 133 Å². The van der Waals surface area contributed by atoms with Gasteiger partial charge >= 0.3 is 0 Å². The summed E-state index contributed by atoms with van der Waals surface area (Å²) >= 11 is 0. The molecule has 0 fully saturated rings. The molecule has 3 heterocycles. The minimum absolute atomic E-state index is 0.0535. The molecule has 0 radical (unpaired) electrons. The highest BCUT2D eigenvalue weighted by Gasteiger charge is 2.26. The second-order valence-electron chi connectivity index (χ2n) is 17.7. The highest BCUT2D eigenvalue weighted by Crippen LogP contribution is 2.46. The summed E-state index contributed by atoms with van der Waals surface area (Å²) < 4.78 is 8.82. The largest absolute Gasteiger partial charge is 0.507 e. The summed E-state index contributed by atoms with van der Waals surface area (Å²) in [4.78, 5) is 10.5.